The second-order valence-electron chi connectivity index (χ2n) is 6.10. The van der Waals surface area contributed by atoms with E-state index in [1.807, 2.05) is 0 Å². The van der Waals surface area contributed by atoms with Crippen molar-refractivity contribution >= 4 is 33.7 Å². The quantitative estimate of drug-likeness (QED) is 0.722. The van der Waals surface area contributed by atoms with Crippen LogP contribution in [0, 0.1) is 5.82 Å². The van der Waals surface area contributed by atoms with Crippen molar-refractivity contribution in [3.8, 4) is 0 Å². The first-order valence-corrected chi connectivity index (χ1v) is 10.4. The zero-order valence-electron chi connectivity index (χ0n) is 13.5. The molecule has 2 fully saturated rings. The van der Waals surface area contributed by atoms with Crippen LogP contribution in [0.25, 0.3) is 0 Å². The van der Waals surface area contributed by atoms with Crippen molar-refractivity contribution in [3.63, 3.8) is 0 Å². The molecule has 2 saturated heterocycles. The summed E-state index contributed by atoms with van der Waals surface area (Å²) in [5, 5.41) is 19.2. The summed E-state index contributed by atoms with van der Waals surface area (Å²) in [6, 6.07) is 1.94. The third-order valence-corrected chi connectivity index (χ3v) is 7.29. The molecule has 142 valence electrons. The van der Waals surface area contributed by atoms with E-state index in [0.29, 0.717) is 0 Å². The van der Waals surface area contributed by atoms with Crippen molar-refractivity contribution in [2.24, 2.45) is 0 Å². The van der Waals surface area contributed by atoms with E-state index in [1.165, 1.54) is 11.8 Å². The van der Waals surface area contributed by atoms with Crippen LogP contribution < -0.4 is 0 Å². The highest BCUT2D eigenvalue weighted by Gasteiger charge is 2.47. The van der Waals surface area contributed by atoms with E-state index >= 15 is 0 Å². The lowest BCUT2D eigenvalue weighted by molar-refractivity contribution is -0.149. The number of aliphatic hydroxyl groups excluding tert-OH is 1. The average molecular weight is 404 g/mol. The zero-order chi connectivity index (χ0) is 19.1. The van der Waals surface area contributed by atoms with E-state index in [1.54, 1.807) is 0 Å². The number of rotatable bonds is 4. The SMILES string of the molecule is O=C(O)[C@H]1CSCN1C(=O)[C@H]1C[C@@H](O)CN1S(=O)(=O)c1ccc(F)cc1. The minimum atomic E-state index is -4.14. The van der Waals surface area contributed by atoms with Crippen LogP contribution in [0.4, 0.5) is 4.39 Å². The predicted octanol–water partition coefficient (Wildman–Crippen LogP) is -0.0643. The number of carboxylic acids is 1. The number of β-amino-alcohol motifs (C(OH)–C–C–N with tert-alkyl or cyclic N) is 1. The van der Waals surface area contributed by atoms with E-state index in [-0.39, 0.29) is 29.5 Å². The van der Waals surface area contributed by atoms with Gasteiger partial charge in [-0.3, -0.25) is 4.79 Å². The van der Waals surface area contributed by atoms with E-state index in [2.05, 4.69) is 0 Å². The Morgan fingerprint density at radius 3 is 2.46 bits per heavy atom. The molecular weight excluding hydrogens is 387 g/mol. The molecular formula is C15H17FN2O6S2. The Morgan fingerprint density at radius 1 is 1.19 bits per heavy atom. The van der Waals surface area contributed by atoms with Crippen LogP contribution in [0.1, 0.15) is 6.42 Å². The van der Waals surface area contributed by atoms with Gasteiger partial charge in [0.25, 0.3) is 0 Å². The molecule has 2 heterocycles. The number of amides is 1. The largest absolute Gasteiger partial charge is 0.480 e. The first-order valence-electron chi connectivity index (χ1n) is 7.78. The topological polar surface area (TPSA) is 115 Å². The van der Waals surface area contributed by atoms with Gasteiger partial charge in [0.2, 0.25) is 15.9 Å². The Hall–Kier alpha value is -1.69. The maximum Gasteiger partial charge on any atom is 0.327 e. The van der Waals surface area contributed by atoms with Gasteiger partial charge in [0, 0.05) is 18.7 Å². The number of sulfonamides is 1. The second-order valence-corrected chi connectivity index (χ2v) is 8.99. The molecule has 0 spiro atoms. The lowest BCUT2D eigenvalue weighted by atomic mass is 10.1. The van der Waals surface area contributed by atoms with Crippen LogP contribution in [0.15, 0.2) is 29.2 Å². The van der Waals surface area contributed by atoms with Crippen molar-refractivity contribution in [2.75, 3.05) is 18.2 Å². The highest BCUT2D eigenvalue weighted by molar-refractivity contribution is 7.99. The van der Waals surface area contributed by atoms with Gasteiger partial charge < -0.3 is 15.1 Å². The third kappa shape index (κ3) is 3.43. The fourth-order valence-electron chi connectivity index (χ4n) is 3.07. The molecule has 8 nitrogen and oxygen atoms in total. The number of nitrogens with zero attached hydrogens (tertiary/aromatic N) is 2. The summed E-state index contributed by atoms with van der Waals surface area (Å²) >= 11 is 1.27. The fraction of sp³-hybridized carbons (Fsp3) is 0.467. The fourth-order valence-corrected chi connectivity index (χ4v) is 5.86. The van der Waals surface area contributed by atoms with Crippen LogP contribution in [0.2, 0.25) is 0 Å². The summed E-state index contributed by atoms with van der Waals surface area (Å²) in [4.78, 5) is 25.1. The molecule has 0 bridgehead atoms. The maximum atomic E-state index is 13.1. The van der Waals surface area contributed by atoms with E-state index in [4.69, 9.17) is 0 Å². The van der Waals surface area contributed by atoms with Crippen molar-refractivity contribution in [3.05, 3.63) is 30.1 Å². The summed E-state index contributed by atoms with van der Waals surface area (Å²) in [7, 11) is -4.14. The summed E-state index contributed by atoms with van der Waals surface area (Å²) in [5.41, 5.74) is 0. The van der Waals surface area contributed by atoms with Gasteiger partial charge in [0.1, 0.15) is 17.9 Å². The Morgan fingerprint density at radius 2 is 1.85 bits per heavy atom. The molecule has 2 aliphatic rings. The van der Waals surface area contributed by atoms with Crippen LogP contribution >= 0.6 is 11.8 Å². The molecule has 0 saturated carbocycles. The number of carbonyl (C=O) groups excluding carboxylic acids is 1. The average Bonchev–Trinajstić information content (AvgIpc) is 3.21. The van der Waals surface area contributed by atoms with Gasteiger partial charge in [0.05, 0.1) is 16.9 Å². The van der Waals surface area contributed by atoms with Crippen molar-refractivity contribution in [2.45, 2.75) is 29.5 Å². The van der Waals surface area contributed by atoms with Crippen LogP contribution in [0.3, 0.4) is 0 Å². The normalized spacial score (nSPS) is 27.0. The van der Waals surface area contributed by atoms with Gasteiger partial charge in [-0.05, 0) is 24.3 Å². The number of hydrogen-bond donors (Lipinski definition) is 2. The second kappa shape index (κ2) is 7.14. The number of benzene rings is 1. The summed E-state index contributed by atoms with van der Waals surface area (Å²) in [6.07, 6.45) is -1.16. The number of aliphatic hydroxyl groups is 1. The van der Waals surface area contributed by atoms with Gasteiger partial charge in [0.15, 0.2) is 0 Å². The number of carboxylic acid groups (broad SMARTS) is 1. The van der Waals surface area contributed by atoms with E-state index < -0.39 is 45.9 Å². The van der Waals surface area contributed by atoms with Gasteiger partial charge in [-0.15, -0.1) is 11.8 Å². The molecule has 3 rings (SSSR count). The van der Waals surface area contributed by atoms with E-state index in [0.717, 1.165) is 33.5 Å². The Labute approximate surface area is 153 Å². The molecule has 11 heteroatoms. The molecule has 0 unspecified atom stereocenters. The van der Waals surface area contributed by atoms with Gasteiger partial charge in [-0.25, -0.2) is 17.6 Å². The highest BCUT2D eigenvalue weighted by Crippen LogP contribution is 2.30. The Kier molecular flexibility index (Phi) is 5.24. The van der Waals surface area contributed by atoms with Gasteiger partial charge in [-0.1, -0.05) is 0 Å². The van der Waals surface area contributed by atoms with Crippen LogP contribution in [-0.2, 0) is 19.6 Å². The summed E-state index contributed by atoms with van der Waals surface area (Å²) in [5.74, 6) is -2.04. The van der Waals surface area contributed by atoms with Crippen molar-refractivity contribution < 1.29 is 32.6 Å². The molecule has 1 aromatic carbocycles. The predicted molar refractivity (Wildman–Crippen MR) is 90.3 cm³/mol. The number of halogens is 1. The molecule has 0 radical (unpaired) electrons. The Balaban J connectivity index is 1.90. The number of thioether (sulfide) groups is 1. The van der Waals surface area contributed by atoms with Crippen molar-refractivity contribution in [1.29, 1.82) is 0 Å². The molecule has 26 heavy (non-hydrogen) atoms. The monoisotopic (exact) mass is 404 g/mol. The molecule has 0 aromatic heterocycles. The third-order valence-electron chi connectivity index (χ3n) is 4.39. The van der Waals surface area contributed by atoms with Crippen LogP contribution in [-0.4, -0.2) is 76.1 Å². The lowest BCUT2D eigenvalue weighted by Gasteiger charge is -2.28. The minimum absolute atomic E-state index is 0.118. The zero-order valence-corrected chi connectivity index (χ0v) is 15.1. The van der Waals surface area contributed by atoms with E-state index in [9.17, 15) is 32.6 Å². The number of aliphatic carboxylic acids is 1. The highest BCUT2D eigenvalue weighted by atomic mass is 32.2. The molecule has 0 aliphatic carbocycles. The molecule has 2 N–H and O–H groups in total. The van der Waals surface area contributed by atoms with Crippen molar-refractivity contribution in [1.82, 2.24) is 9.21 Å². The molecule has 3 atom stereocenters. The smallest absolute Gasteiger partial charge is 0.327 e. The first-order chi connectivity index (χ1) is 12.2. The van der Waals surface area contributed by atoms with Gasteiger partial charge in [-0.2, -0.15) is 4.31 Å². The maximum absolute atomic E-state index is 13.1. The van der Waals surface area contributed by atoms with Gasteiger partial charge >= 0.3 is 5.97 Å². The first kappa shape index (κ1) is 19.1. The Bertz CT molecular complexity index is 816. The molecule has 1 amide bonds. The summed E-state index contributed by atoms with van der Waals surface area (Å²) < 4.78 is 39.6. The lowest BCUT2D eigenvalue weighted by Crippen LogP contribution is -2.51. The molecule has 1 aromatic rings. The standard InChI is InChI=1S/C15H17FN2O6S2/c16-9-1-3-11(4-2-9)26(23,24)18-6-10(19)5-12(18)14(20)17-8-25-7-13(17)15(21)22/h1-4,10,12-13,19H,5-8H2,(H,21,22)/t10-,12-,13-/m1/s1. The number of hydrogen-bond acceptors (Lipinski definition) is 6. The van der Waals surface area contributed by atoms with Crippen LogP contribution in [0.5, 0.6) is 0 Å². The number of carbonyl (C=O) groups is 2. The minimum Gasteiger partial charge on any atom is -0.480 e. The molecule has 2 aliphatic heterocycles. The summed E-state index contributed by atoms with van der Waals surface area (Å²) in [6.45, 7) is -0.283.